The van der Waals surface area contributed by atoms with E-state index in [1.54, 1.807) is 0 Å². The SMILES string of the molecule is CC(C)CCC[C@@H](C)C1[C@@H](C)CC2C3CCC4CC(NCC(=O)O)CCC4(C)C3CCC21C. The number of nitrogens with one attached hydrogen (secondary N) is 1. The highest BCUT2D eigenvalue weighted by Gasteiger charge is 2.62. The molecule has 0 aromatic carbocycles. The third-order valence-electron chi connectivity index (χ3n) is 11.7. The predicted molar refractivity (Wildman–Crippen MR) is 137 cm³/mol. The second kappa shape index (κ2) is 9.82. The van der Waals surface area contributed by atoms with E-state index >= 15 is 0 Å². The molecule has 10 atom stereocenters. The van der Waals surface area contributed by atoms with Crippen LogP contribution in [0.25, 0.3) is 0 Å². The maximum atomic E-state index is 11.0. The van der Waals surface area contributed by atoms with Crippen LogP contribution < -0.4 is 5.32 Å². The van der Waals surface area contributed by atoms with Crippen molar-refractivity contribution < 1.29 is 9.90 Å². The molecule has 4 saturated carbocycles. The predicted octanol–water partition coefficient (Wildman–Crippen LogP) is 7.40. The van der Waals surface area contributed by atoms with Gasteiger partial charge >= 0.3 is 5.97 Å². The number of carbonyl (C=O) groups is 1. The van der Waals surface area contributed by atoms with Crippen LogP contribution in [-0.2, 0) is 4.79 Å². The average Bonchev–Trinajstić information content (AvgIpc) is 3.01. The molecule has 4 rings (SSSR count). The van der Waals surface area contributed by atoms with Gasteiger partial charge in [0, 0.05) is 6.04 Å². The lowest BCUT2D eigenvalue weighted by molar-refractivity contribution is -0.136. The van der Waals surface area contributed by atoms with Crippen LogP contribution in [0.4, 0.5) is 0 Å². The van der Waals surface area contributed by atoms with Crippen LogP contribution in [0, 0.1) is 58.2 Å². The Labute approximate surface area is 204 Å². The van der Waals surface area contributed by atoms with Gasteiger partial charge in [0.05, 0.1) is 6.54 Å². The molecule has 0 radical (unpaired) electrons. The number of hydrogen-bond acceptors (Lipinski definition) is 2. The topological polar surface area (TPSA) is 49.3 Å². The molecule has 0 heterocycles. The summed E-state index contributed by atoms with van der Waals surface area (Å²) in [5, 5.41) is 12.4. The first-order valence-electron chi connectivity index (χ1n) is 14.5. The molecule has 2 N–H and O–H groups in total. The summed E-state index contributed by atoms with van der Waals surface area (Å²) in [6.07, 6.45) is 15.0. The zero-order chi connectivity index (χ0) is 24.0. The molecule has 0 amide bonds. The third kappa shape index (κ3) is 4.78. The number of rotatable bonds is 8. The van der Waals surface area contributed by atoms with Gasteiger partial charge in [-0.3, -0.25) is 4.79 Å². The first kappa shape index (κ1) is 25.5. The molecule has 0 saturated heterocycles. The van der Waals surface area contributed by atoms with Crippen molar-refractivity contribution in [1.82, 2.24) is 5.32 Å². The Kier molecular flexibility index (Phi) is 7.60. The van der Waals surface area contributed by atoms with E-state index in [1.807, 2.05) is 0 Å². The summed E-state index contributed by atoms with van der Waals surface area (Å²) in [4.78, 5) is 11.0. The monoisotopic (exact) mass is 459 g/mol. The molecule has 8 unspecified atom stereocenters. The summed E-state index contributed by atoms with van der Waals surface area (Å²) < 4.78 is 0. The molecule has 3 heteroatoms. The van der Waals surface area contributed by atoms with Crippen LogP contribution in [0.1, 0.15) is 112 Å². The minimum absolute atomic E-state index is 0.120. The van der Waals surface area contributed by atoms with E-state index in [2.05, 4.69) is 46.9 Å². The molecule has 4 fully saturated rings. The fourth-order valence-electron chi connectivity index (χ4n) is 10.3. The van der Waals surface area contributed by atoms with Crippen molar-refractivity contribution in [2.75, 3.05) is 6.54 Å². The van der Waals surface area contributed by atoms with Gasteiger partial charge in [-0.1, -0.05) is 60.8 Å². The lowest BCUT2D eigenvalue weighted by Crippen LogP contribution is -2.55. The summed E-state index contributed by atoms with van der Waals surface area (Å²) in [6.45, 7) is 15.4. The van der Waals surface area contributed by atoms with Gasteiger partial charge in [-0.05, 0) is 110 Å². The minimum atomic E-state index is -0.720. The molecule has 0 aromatic rings. The lowest BCUT2D eigenvalue weighted by atomic mass is 9.44. The van der Waals surface area contributed by atoms with E-state index in [-0.39, 0.29) is 6.54 Å². The second-order valence-electron chi connectivity index (χ2n) is 14.0. The van der Waals surface area contributed by atoms with Crippen LogP contribution in [0.15, 0.2) is 0 Å². The third-order valence-corrected chi connectivity index (χ3v) is 11.7. The van der Waals surface area contributed by atoms with E-state index in [0.29, 0.717) is 16.9 Å². The quantitative estimate of drug-likeness (QED) is 0.397. The number of hydrogen-bond donors (Lipinski definition) is 2. The largest absolute Gasteiger partial charge is 0.480 e. The van der Waals surface area contributed by atoms with Gasteiger partial charge in [0.25, 0.3) is 0 Å². The van der Waals surface area contributed by atoms with E-state index in [4.69, 9.17) is 5.11 Å². The average molecular weight is 460 g/mol. The summed E-state index contributed by atoms with van der Waals surface area (Å²) in [5.74, 6) is 6.33. The number of aliphatic carboxylic acids is 1. The van der Waals surface area contributed by atoms with Crippen LogP contribution in [0.3, 0.4) is 0 Å². The van der Waals surface area contributed by atoms with Crippen molar-refractivity contribution in [2.45, 2.75) is 118 Å². The molecule has 190 valence electrons. The molecule has 4 aliphatic rings. The van der Waals surface area contributed by atoms with Gasteiger partial charge in [-0.25, -0.2) is 0 Å². The maximum absolute atomic E-state index is 11.0. The molecule has 0 bridgehead atoms. The van der Waals surface area contributed by atoms with Crippen molar-refractivity contribution in [1.29, 1.82) is 0 Å². The normalized spacial score (nSPS) is 45.8. The smallest absolute Gasteiger partial charge is 0.317 e. The first-order valence-corrected chi connectivity index (χ1v) is 14.5. The fraction of sp³-hybridized carbons (Fsp3) is 0.967. The Bertz CT molecular complexity index is 691. The van der Waals surface area contributed by atoms with Crippen LogP contribution in [-0.4, -0.2) is 23.7 Å². The molecule has 3 nitrogen and oxygen atoms in total. The Hall–Kier alpha value is -0.570. The van der Waals surface area contributed by atoms with Crippen LogP contribution in [0.2, 0.25) is 0 Å². The van der Waals surface area contributed by atoms with Crippen molar-refractivity contribution in [3.8, 4) is 0 Å². The highest BCUT2D eigenvalue weighted by atomic mass is 16.4. The van der Waals surface area contributed by atoms with Gasteiger partial charge in [0.15, 0.2) is 0 Å². The summed E-state index contributed by atoms with van der Waals surface area (Å²) in [6, 6.07) is 0.409. The molecule has 4 aliphatic carbocycles. The van der Waals surface area contributed by atoms with E-state index in [9.17, 15) is 4.79 Å². The second-order valence-corrected chi connectivity index (χ2v) is 14.0. The van der Waals surface area contributed by atoms with Crippen LogP contribution >= 0.6 is 0 Å². The minimum Gasteiger partial charge on any atom is -0.480 e. The van der Waals surface area contributed by atoms with Gasteiger partial charge in [-0.15, -0.1) is 0 Å². The molecule has 0 aromatic heterocycles. The van der Waals surface area contributed by atoms with Gasteiger partial charge in [0.1, 0.15) is 0 Å². The summed E-state index contributed by atoms with van der Waals surface area (Å²) in [5.41, 5.74) is 1.04. The Morgan fingerprint density at radius 1 is 0.970 bits per heavy atom. The number of fused-ring (bicyclic) bond motifs is 5. The van der Waals surface area contributed by atoms with Gasteiger partial charge in [0.2, 0.25) is 0 Å². The number of carboxylic acid groups (broad SMARTS) is 1. The Morgan fingerprint density at radius 2 is 1.70 bits per heavy atom. The zero-order valence-corrected chi connectivity index (χ0v) is 22.5. The fourth-order valence-corrected chi connectivity index (χ4v) is 10.3. The zero-order valence-electron chi connectivity index (χ0n) is 22.5. The Morgan fingerprint density at radius 3 is 2.39 bits per heavy atom. The number of carboxylic acids is 1. The highest BCUT2D eigenvalue weighted by molar-refractivity contribution is 5.69. The van der Waals surface area contributed by atoms with E-state index < -0.39 is 5.97 Å². The van der Waals surface area contributed by atoms with Gasteiger partial charge < -0.3 is 10.4 Å². The van der Waals surface area contributed by atoms with E-state index in [0.717, 1.165) is 53.8 Å². The maximum Gasteiger partial charge on any atom is 0.317 e. The molecule has 0 aliphatic heterocycles. The van der Waals surface area contributed by atoms with Crippen molar-refractivity contribution in [3.05, 3.63) is 0 Å². The van der Waals surface area contributed by atoms with Crippen molar-refractivity contribution in [2.24, 2.45) is 58.2 Å². The van der Waals surface area contributed by atoms with Crippen molar-refractivity contribution >= 4 is 5.97 Å². The van der Waals surface area contributed by atoms with Crippen molar-refractivity contribution in [3.63, 3.8) is 0 Å². The van der Waals surface area contributed by atoms with E-state index in [1.165, 1.54) is 64.2 Å². The van der Waals surface area contributed by atoms with Crippen LogP contribution in [0.5, 0.6) is 0 Å². The molecule has 0 spiro atoms. The molecular formula is C30H53NO2. The standard InChI is InChI=1S/C30H53NO2/c1-19(2)8-7-9-20(3)28-21(4)16-26-24-11-10-22-17-23(31-18-27(32)33)12-14-29(22,5)25(24)13-15-30(26,28)6/h19-26,28,31H,7-18H2,1-6H3,(H,32,33)/t20-,21+,22?,23?,24?,25?,26?,28?,29?,30?/m1/s1. The molecule has 33 heavy (non-hydrogen) atoms. The summed E-state index contributed by atoms with van der Waals surface area (Å²) in [7, 11) is 0. The van der Waals surface area contributed by atoms with Gasteiger partial charge in [-0.2, -0.15) is 0 Å². The highest BCUT2D eigenvalue weighted by Crippen LogP contribution is 2.69. The summed E-state index contributed by atoms with van der Waals surface area (Å²) >= 11 is 0. The first-order chi connectivity index (χ1) is 15.6. The molecular weight excluding hydrogens is 406 g/mol. The Balaban J connectivity index is 1.44. The lowest BCUT2D eigenvalue weighted by Gasteiger charge is -2.61.